The molecule has 0 spiro atoms. The first-order valence-corrected chi connectivity index (χ1v) is 4.36. The smallest absolute Gasteiger partial charge is 0.311 e. The second kappa shape index (κ2) is 5.26. The summed E-state index contributed by atoms with van der Waals surface area (Å²) < 4.78 is 17.9. The van der Waals surface area contributed by atoms with Gasteiger partial charge in [-0.3, -0.25) is 10.1 Å². The number of nitro groups is 1. The van der Waals surface area contributed by atoms with Crippen LogP contribution in [-0.4, -0.2) is 25.1 Å². The van der Waals surface area contributed by atoms with Crippen LogP contribution in [0.5, 0.6) is 5.75 Å². The zero-order valence-corrected chi connectivity index (χ0v) is 8.20. The number of likely N-dealkylation sites (N-methyl/N-ethyl adjacent to an activating group) is 1. The van der Waals surface area contributed by atoms with Crippen molar-refractivity contribution in [3.05, 3.63) is 34.1 Å². The lowest BCUT2D eigenvalue weighted by Gasteiger charge is -2.05. The van der Waals surface area contributed by atoms with Gasteiger partial charge in [-0.2, -0.15) is 0 Å². The summed E-state index contributed by atoms with van der Waals surface area (Å²) in [5.74, 6) is -0.602. The van der Waals surface area contributed by atoms with Gasteiger partial charge in [0.05, 0.1) is 4.92 Å². The molecule has 0 atom stereocenters. The predicted molar refractivity (Wildman–Crippen MR) is 52.5 cm³/mol. The van der Waals surface area contributed by atoms with Crippen molar-refractivity contribution in [3.63, 3.8) is 0 Å². The predicted octanol–water partition coefficient (Wildman–Crippen LogP) is 1.33. The highest BCUT2D eigenvalue weighted by atomic mass is 19.1. The van der Waals surface area contributed by atoms with E-state index in [1.807, 2.05) is 0 Å². The van der Waals surface area contributed by atoms with Crippen molar-refractivity contribution in [2.75, 3.05) is 20.2 Å². The molecule has 1 rings (SSSR count). The Kier molecular flexibility index (Phi) is 3.99. The quantitative estimate of drug-likeness (QED) is 0.456. The van der Waals surface area contributed by atoms with Gasteiger partial charge in [-0.25, -0.2) is 4.39 Å². The van der Waals surface area contributed by atoms with E-state index in [-0.39, 0.29) is 18.0 Å². The molecule has 0 radical (unpaired) electrons. The van der Waals surface area contributed by atoms with E-state index in [2.05, 4.69) is 5.32 Å². The van der Waals surface area contributed by atoms with Crippen molar-refractivity contribution in [1.29, 1.82) is 0 Å². The number of nitrogens with one attached hydrogen (secondary N) is 1. The van der Waals surface area contributed by atoms with Crippen molar-refractivity contribution >= 4 is 5.69 Å². The minimum Gasteiger partial charge on any atom is -0.485 e. The molecule has 6 heteroatoms. The van der Waals surface area contributed by atoms with E-state index in [0.29, 0.717) is 6.54 Å². The van der Waals surface area contributed by atoms with Crippen LogP contribution in [0.3, 0.4) is 0 Å². The molecule has 0 aliphatic rings. The average Bonchev–Trinajstić information content (AvgIpc) is 2.18. The fourth-order valence-corrected chi connectivity index (χ4v) is 1.02. The van der Waals surface area contributed by atoms with E-state index < -0.39 is 10.7 Å². The van der Waals surface area contributed by atoms with Gasteiger partial charge in [0.25, 0.3) is 0 Å². The Morgan fingerprint density at radius 3 is 2.93 bits per heavy atom. The molecule has 5 nitrogen and oxygen atoms in total. The number of ether oxygens (including phenoxy) is 1. The molecule has 0 saturated carbocycles. The highest BCUT2D eigenvalue weighted by Gasteiger charge is 2.15. The molecule has 0 amide bonds. The van der Waals surface area contributed by atoms with Crippen LogP contribution < -0.4 is 10.1 Å². The lowest BCUT2D eigenvalue weighted by Crippen LogP contribution is -2.16. The third kappa shape index (κ3) is 3.17. The fraction of sp³-hybridized carbons (Fsp3) is 0.333. The molecule has 15 heavy (non-hydrogen) atoms. The maximum Gasteiger partial charge on any atom is 0.311 e. The molecule has 1 N–H and O–H groups in total. The van der Waals surface area contributed by atoms with Gasteiger partial charge in [-0.05, 0) is 13.1 Å². The summed E-state index contributed by atoms with van der Waals surface area (Å²) in [7, 11) is 1.73. The summed E-state index contributed by atoms with van der Waals surface area (Å²) in [5.41, 5.74) is -0.229. The number of nitro benzene ring substituents is 1. The molecule has 0 aromatic heterocycles. The van der Waals surface area contributed by atoms with Gasteiger partial charge in [0.2, 0.25) is 0 Å². The molecule has 1 aromatic carbocycles. The zero-order chi connectivity index (χ0) is 11.3. The van der Waals surface area contributed by atoms with Gasteiger partial charge in [0.1, 0.15) is 12.4 Å². The Hall–Kier alpha value is -1.69. The first-order chi connectivity index (χ1) is 7.15. The summed E-state index contributed by atoms with van der Waals surface area (Å²) in [6, 6.07) is 3.13. The Morgan fingerprint density at radius 1 is 1.60 bits per heavy atom. The summed E-state index contributed by atoms with van der Waals surface area (Å²) in [5, 5.41) is 13.4. The van der Waals surface area contributed by atoms with Crippen LogP contribution in [0.15, 0.2) is 18.2 Å². The molecule has 0 aliphatic heterocycles. The molecule has 0 fully saturated rings. The highest BCUT2D eigenvalue weighted by Crippen LogP contribution is 2.27. The molecule has 1 aromatic rings. The minimum atomic E-state index is -0.603. The van der Waals surface area contributed by atoms with Gasteiger partial charge in [-0.15, -0.1) is 0 Å². The van der Waals surface area contributed by atoms with E-state index in [4.69, 9.17) is 4.74 Å². The third-order valence-electron chi connectivity index (χ3n) is 1.73. The molecule has 0 heterocycles. The minimum absolute atomic E-state index is 0.0461. The van der Waals surface area contributed by atoms with Crippen LogP contribution in [0.1, 0.15) is 0 Å². The number of nitrogens with zero attached hydrogens (tertiary/aromatic N) is 1. The standard InChI is InChI=1S/C9H11FN2O3/c1-11-4-5-15-9-6-7(10)2-3-8(9)12(13)14/h2-3,6,11H,4-5H2,1H3. The van der Waals surface area contributed by atoms with E-state index in [9.17, 15) is 14.5 Å². The van der Waals surface area contributed by atoms with Crippen LogP contribution in [0.25, 0.3) is 0 Å². The van der Waals surface area contributed by atoms with Gasteiger partial charge in [0.15, 0.2) is 5.75 Å². The Morgan fingerprint density at radius 2 is 2.33 bits per heavy atom. The van der Waals surface area contributed by atoms with Crippen LogP contribution in [-0.2, 0) is 0 Å². The Balaban J connectivity index is 2.82. The first kappa shape index (κ1) is 11.4. The molecular formula is C9H11FN2O3. The largest absolute Gasteiger partial charge is 0.485 e. The summed E-state index contributed by atoms with van der Waals surface area (Å²) in [4.78, 5) is 9.95. The SMILES string of the molecule is CNCCOc1cc(F)ccc1[N+](=O)[O-]. The highest BCUT2D eigenvalue weighted by molar-refractivity contribution is 5.46. The van der Waals surface area contributed by atoms with E-state index in [1.165, 1.54) is 0 Å². The van der Waals surface area contributed by atoms with Crippen molar-refractivity contribution in [1.82, 2.24) is 5.32 Å². The first-order valence-electron chi connectivity index (χ1n) is 4.36. The second-order valence-electron chi connectivity index (χ2n) is 2.82. The Labute approximate surface area is 86.0 Å². The van der Waals surface area contributed by atoms with Crippen molar-refractivity contribution in [2.45, 2.75) is 0 Å². The number of hydrogen-bond acceptors (Lipinski definition) is 4. The molecule has 0 saturated heterocycles. The molecule has 0 unspecified atom stereocenters. The van der Waals surface area contributed by atoms with Gasteiger partial charge in [-0.1, -0.05) is 0 Å². The average molecular weight is 214 g/mol. The molecule has 82 valence electrons. The van der Waals surface area contributed by atoms with Crippen molar-refractivity contribution in [2.24, 2.45) is 0 Å². The lowest BCUT2D eigenvalue weighted by molar-refractivity contribution is -0.385. The summed E-state index contributed by atoms with van der Waals surface area (Å²) in [6.45, 7) is 0.786. The van der Waals surface area contributed by atoms with Gasteiger partial charge in [0, 0.05) is 18.7 Å². The monoisotopic (exact) mass is 214 g/mol. The molecule has 0 aliphatic carbocycles. The summed E-state index contributed by atoms with van der Waals surface area (Å²) in [6.07, 6.45) is 0. The molecular weight excluding hydrogens is 203 g/mol. The van der Waals surface area contributed by atoms with Gasteiger partial charge >= 0.3 is 5.69 Å². The summed E-state index contributed by atoms with van der Waals surface area (Å²) >= 11 is 0. The fourth-order valence-electron chi connectivity index (χ4n) is 1.02. The lowest BCUT2D eigenvalue weighted by atomic mass is 10.3. The third-order valence-corrected chi connectivity index (χ3v) is 1.73. The topological polar surface area (TPSA) is 64.4 Å². The van der Waals surface area contributed by atoms with Crippen molar-refractivity contribution in [3.8, 4) is 5.75 Å². The van der Waals surface area contributed by atoms with Crippen molar-refractivity contribution < 1.29 is 14.1 Å². The number of rotatable bonds is 5. The van der Waals surface area contributed by atoms with Crippen LogP contribution >= 0.6 is 0 Å². The second-order valence-corrected chi connectivity index (χ2v) is 2.82. The number of benzene rings is 1. The normalized spacial score (nSPS) is 10.0. The van der Waals surface area contributed by atoms with Crippen LogP contribution in [0.2, 0.25) is 0 Å². The van der Waals surface area contributed by atoms with E-state index in [1.54, 1.807) is 7.05 Å². The maximum atomic E-state index is 12.8. The van der Waals surface area contributed by atoms with Gasteiger partial charge < -0.3 is 10.1 Å². The van der Waals surface area contributed by atoms with E-state index >= 15 is 0 Å². The van der Waals surface area contributed by atoms with Crippen LogP contribution in [0, 0.1) is 15.9 Å². The number of hydrogen-bond donors (Lipinski definition) is 1. The van der Waals surface area contributed by atoms with Crippen LogP contribution in [0.4, 0.5) is 10.1 Å². The number of halogens is 1. The Bertz CT molecular complexity index is 357. The van der Waals surface area contributed by atoms with E-state index in [0.717, 1.165) is 18.2 Å². The zero-order valence-electron chi connectivity index (χ0n) is 8.20. The maximum absolute atomic E-state index is 12.8. The molecule has 0 bridgehead atoms.